The predicted molar refractivity (Wildman–Crippen MR) is 331 cm³/mol. The number of aryl methyl sites for hydroxylation is 1. The number of carbonyl (C=O) groups excluding carboxylic acids is 9. The molecule has 7 aromatic rings. The molecule has 3 aliphatic rings. The number of anilines is 3. The topological polar surface area (TPSA) is 273 Å². The molecule has 0 saturated carbocycles. The molecule has 1 saturated heterocycles. The van der Waals surface area contributed by atoms with Gasteiger partial charge in [0.25, 0.3) is 23.6 Å². The molecule has 86 heavy (non-hydrogen) atoms. The van der Waals surface area contributed by atoms with Crippen molar-refractivity contribution in [2.75, 3.05) is 73.9 Å². The van der Waals surface area contributed by atoms with Gasteiger partial charge >= 0.3 is 6.09 Å². The third-order valence-electron chi connectivity index (χ3n) is 15.8. The molecule has 9 amide bonds. The molecule has 21 nitrogen and oxygen atoms in total. The van der Waals surface area contributed by atoms with Crippen molar-refractivity contribution in [2.45, 2.75) is 77.3 Å². The minimum Gasteiger partial charge on any atom is -0.409 e. The van der Waals surface area contributed by atoms with Crippen LogP contribution < -0.4 is 36.2 Å². The number of aromatic nitrogens is 2. The van der Waals surface area contributed by atoms with Gasteiger partial charge in [0.2, 0.25) is 23.6 Å². The zero-order valence-electron chi connectivity index (χ0n) is 48.2. The molecule has 7 N–H and O–H groups in total. The number of primary amides is 1. The average Bonchev–Trinajstić information content (AvgIpc) is 1.66. The van der Waals surface area contributed by atoms with Gasteiger partial charge in [-0.25, -0.2) is 4.79 Å². The highest BCUT2D eigenvalue weighted by atomic mass is 35.5. The van der Waals surface area contributed by atoms with Gasteiger partial charge in [0, 0.05) is 121 Å². The molecule has 0 bridgehead atoms. The third kappa shape index (κ3) is 13.5. The Balaban J connectivity index is 0.819. The number of piperazine rings is 1. The van der Waals surface area contributed by atoms with Crippen molar-refractivity contribution in [3.63, 3.8) is 0 Å². The van der Waals surface area contributed by atoms with E-state index >= 15 is 0 Å². The van der Waals surface area contributed by atoms with E-state index in [1.165, 1.54) is 28.4 Å². The Morgan fingerprint density at radius 2 is 1.52 bits per heavy atom. The highest BCUT2D eigenvalue weighted by Gasteiger charge is 2.38. The van der Waals surface area contributed by atoms with E-state index in [0.717, 1.165) is 44.8 Å². The summed E-state index contributed by atoms with van der Waals surface area (Å²) in [6, 6.07) is 22.1. The molecule has 3 aromatic heterocycles. The summed E-state index contributed by atoms with van der Waals surface area (Å²) in [5.74, 6) is -3.59. The summed E-state index contributed by atoms with van der Waals surface area (Å²) in [6.07, 6.45) is 3.88. The van der Waals surface area contributed by atoms with Gasteiger partial charge in [-0.2, -0.15) is 0 Å². The van der Waals surface area contributed by atoms with Crippen LogP contribution in [0, 0.1) is 12.8 Å². The number of hydrogen-bond acceptors (Lipinski definition) is 12. The number of hydrogen-bond donors (Lipinski definition) is 6. The Bertz CT molecular complexity index is 3810. The monoisotopic (exact) mass is 1210 g/mol. The van der Waals surface area contributed by atoms with E-state index in [-0.39, 0.29) is 72.6 Å². The molecular formula is C63H68ClN11O10S. The number of likely N-dealkylation sites (N-methyl/N-ethyl adjacent to an activating group) is 1. The number of thiophene rings is 1. The Labute approximate surface area is 505 Å². The first-order valence-electron chi connectivity index (χ1n) is 28.7. The second kappa shape index (κ2) is 26.2. The summed E-state index contributed by atoms with van der Waals surface area (Å²) >= 11 is 8.10. The largest absolute Gasteiger partial charge is 0.415 e. The van der Waals surface area contributed by atoms with Crippen LogP contribution in [0.5, 0.6) is 5.75 Å². The van der Waals surface area contributed by atoms with Gasteiger partial charge in [-0.1, -0.05) is 50.6 Å². The lowest BCUT2D eigenvalue weighted by atomic mass is 9.97. The third-order valence-corrected chi connectivity index (χ3v) is 17.3. The summed E-state index contributed by atoms with van der Waals surface area (Å²) in [5, 5.41) is 12.8. The highest BCUT2D eigenvalue weighted by Crippen LogP contribution is 2.49. The van der Waals surface area contributed by atoms with Crippen molar-refractivity contribution in [1.82, 2.24) is 35.3 Å². The fourth-order valence-electron chi connectivity index (χ4n) is 11.3. The van der Waals surface area contributed by atoms with Gasteiger partial charge < -0.3 is 56.0 Å². The van der Waals surface area contributed by atoms with Gasteiger partial charge in [-0.05, 0) is 110 Å². The maximum absolute atomic E-state index is 14.7. The summed E-state index contributed by atoms with van der Waals surface area (Å²) < 4.78 is 6.93. The molecule has 0 radical (unpaired) electrons. The molecule has 3 atom stereocenters. The summed E-state index contributed by atoms with van der Waals surface area (Å²) in [4.78, 5) is 135. The molecule has 0 spiro atoms. The fraction of sp³-hybridized carbons (Fsp3) is 0.349. The Hall–Kier alpha value is -8.86. The first-order chi connectivity index (χ1) is 41.3. The SMILES string of the molecule is Cc1csc2c(OC(=O)N3CCN(C)CC3)cc3c(c12)[C@H](CCl)CN3C(=O)c1cc2cc(NC(=O)c3cc4cc(N(CC(N)=O)C(=O)[C@H](CC(C)C)NC(=O)[C@H](Cc5ccccc5)NC(=O)CCCCCN5C(=O)C=CC5=O)ccc4[nH]3)ccc2[nH]1. The predicted octanol–water partition coefficient (Wildman–Crippen LogP) is 7.72. The molecule has 4 aromatic carbocycles. The van der Waals surface area contributed by atoms with Crippen molar-refractivity contribution in [1.29, 1.82) is 0 Å². The number of halogens is 1. The standard InChI is InChI=1S/C63H68ClN11O10S/c1-36(2)25-48(70-60(81)46(26-38-11-7-5-8-12-38)69-53(77)13-9-6-10-20-73-54(78)18-19-55(73)79)61(82)74(34-52(65)76)43-15-17-45-40(28-43)29-47(67-45)59(80)66-42-14-16-44-39(27-42)30-49(68-44)62(83)75-33-41(32-64)57-50(75)31-51(58-56(57)37(3)35-86-58)85-63(84)72-23-21-71(4)22-24-72/h5,7-8,11-12,14-19,27-31,35-36,41,46,48,67-68H,6,9-10,13,20-26,32-34H2,1-4H3,(H2,65,76)(H,66,80)(H,69,77)(H,70,81)/t41-,46+,48+/m1/s1. The average molecular weight is 1210 g/mol. The Morgan fingerprint density at radius 3 is 2.23 bits per heavy atom. The summed E-state index contributed by atoms with van der Waals surface area (Å²) in [6.45, 7) is 8.35. The highest BCUT2D eigenvalue weighted by molar-refractivity contribution is 7.17. The molecule has 10 rings (SSSR count). The van der Waals surface area contributed by atoms with Gasteiger partial charge in [0.05, 0.1) is 10.4 Å². The van der Waals surface area contributed by atoms with Gasteiger partial charge in [0.15, 0.2) is 5.75 Å². The second-order valence-corrected chi connectivity index (χ2v) is 23.8. The van der Waals surface area contributed by atoms with E-state index < -0.39 is 54.3 Å². The molecule has 448 valence electrons. The van der Waals surface area contributed by atoms with Crippen LogP contribution in [-0.2, 0) is 35.2 Å². The van der Waals surface area contributed by atoms with Crippen molar-refractivity contribution in [3.05, 3.63) is 131 Å². The van der Waals surface area contributed by atoms with Crippen LogP contribution in [0.4, 0.5) is 21.9 Å². The van der Waals surface area contributed by atoms with Crippen molar-refractivity contribution in [3.8, 4) is 5.75 Å². The number of unbranched alkanes of at least 4 members (excludes halogenated alkanes) is 2. The number of fused-ring (bicyclic) bond motifs is 5. The number of ether oxygens (including phenoxy) is 1. The van der Waals surface area contributed by atoms with E-state index in [1.54, 1.807) is 64.4 Å². The lowest BCUT2D eigenvalue weighted by molar-refractivity contribution is -0.137. The minimum atomic E-state index is -1.15. The van der Waals surface area contributed by atoms with Crippen LogP contribution in [0.25, 0.3) is 31.9 Å². The quantitative estimate of drug-likeness (QED) is 0.0217. The van der Waals surface area contributed by atoms with Gasteiger partial charge in [-0.15, -0.1) is 22.9 Å². The first kappa shape index (κ1) is 60.3. The van der Waals surface area contributed by atoms with Gasteiger partial charge in [-0.3, -0.25) is 43.3 Å². The van der Waals surface area contributed by atoms with Crippen LogP contribution in [-0.4, -0.2) is 149 Å². The number of H-pyrrole nitrogens is 2. The normalized spacial score (nSPS) is 15.8. The zero-order chi connectivity index (χ0) is 60.9. The summed E-state index contributed by atoms with van der Waals surface area (Å²) in [5.41, 5.74) is 11.5. The number of alkyl halides is 1. The number of nitrogens with two attached hydrogens (primary N) is 1. The van der Waals surface area contributed by atoms with E-state index in [2.05, 4.69) is 30.8 Å². The Morgan fingerprint density at radius 1 is 0.826 bits per heavy atom. The maximum atomic E-state index is 14.7. The molecule has 1 fully saturated rings. The molecular weight excluding hydrogens is 1140 g/mol. The maximum Gasteiger partial charge on any atom is 0.415 e. The molecule has 6 heterocycles. The van der Waals surface area contributed by atoms with E-state index in [1.807, 2.05) is 63.5 Å². The Kier molecular flexibility index (Phi) is 18.3. The smallest absolute Gasteiger partial charge is 0.409 e. The van der Waals surface area contributed by atoms with E-state index in [9.17, 15) is 43.2 Å². The number of nitrogens with one attached hydrogen (secondary N) is 5. The van der Waals surface area contributed by atoms with Crippen LogP contribution in [0.2, 0.25) is 0 Å². The van der Waals surface area contributed by atoms with Crippen LogP contribution in [0.1, 0.15) is 89.5 Å². The molecule has 3 aliphatic heterocycles. The zero-order valence-corrected chi connectivity index (χ0v) is 49.8. The van der Waals surface area contributed by atoms with Crippen LogP contribution in [0.3, 0.4) is 0 Å². The number of imide groups is 1. The minimum absolute atomic E-state index is 0.0757. The summed E-state index contributed by atoms with van der Waals surface area (Å²) in [7, 11) is 2.01. The van der Waals surface area contributed by atoms with Crippen LogP contribution in [0.15, 0.2) is 102 Å². The molecule has 0 unspecified atom stereocenters. The number of amides is 9. The number of nitrogens with zero attached hydrogens (tertiary/aromatic N) is 5. The number of benzene rings is 4. The van der Waals surface area contributed by atoms with Crippen molar-refractivity contribution in [2.24, 2.45) is 11.7 Å². The van der Waals surface area contributed by atoms with Crippen molar-refractivity contribution < 1.29 is 47.9 Å². The second-order valence-electron chi connectivity index (χ2n) is 22.6. The van der Waals surface area contributed by atoms with E-state index in [0.29, 0.717) is 83.5 Å². The number of aromatic amines is 2. The van der Waals surface area contributed by atoms with E-state index in [4.69, 9.17) is 22.1 Å². The van der Waals surface area contributed by atoms with Gasteiger partial charge in [0.1, 0.15) is 30.0 Å². The fourth-order valence-corrected chi connectivity index (χ4v) is 12.6. The lowest BCUT2D eigenvalue weighted by Crippen LogP contribution is -2.56. The lowest BCUT2D eigenvalue weighted by Gasteiger charge is -2.31. The van der Waals surface area contributed by atoms with Crippen LogP contribution >= 0.6 is 22.9 Å². The van der Waals surface area contributed by atoms with Crippen molar-refractivity contribution >= 4 is 125 Å². The number of rotatable bonds is 22. The number of carbonyl (C=O) groups is 9. The molecule has 0 aliphatic carbocycles. The first-order valence-corrected chi connectivity index (χ1v) is 30.1. The molecule has 23 heteroatoms.